The van der Waals surface area contributed by atoms with Gasteiger partial charge in [-0.1, -0.05) is 0 Å². The van der Waals surface area contributed by atoms with Crippen LogP contribution in [0.5, 0.6) is 0 Å². The van der Waals surface area contributed by atoms with Crippen molar-refractivity contribution < 1.29 is 13.5 Å². The van der Waals surface area contributed by atoms with Crippen LogP contribution < -0.4 is 4.90 Å². The first kappa shape index (κ1) is 13.6. The van der Waals surface area contributed by atoms with Crippen molar-refractivity contribution in [2.24, 2.45) is 0 Å². The summed E-state index contributed by atoms with van der Waals surface area (Å²) in [5.74, 6) is 1.96. The Morgan fingerprint density at radius 2 is 2.28 bits per heavy atom. The average Bonchev–Trinajstić information content (AvgIpc) is 2.38. The van der Waals surface area contributed by atoms with Gasteiger partial charge in [-0.2, -0.15) is 16.9 Å². The van der Waals surface area contributed by atoms with Gasteiger partial charge in [-0.3, -0.25) is 0 Å². The lowest BCUT2D eigenvalue weighted by Crippen LogP contribution is -2.47. The molecule has 1 atom stereocenters. The number of sulfone groups is 1. The van der Waals surface area contributed by atoms with E-state index in [0.29, 0.717) is 23.8 Å². The number of nitrogens with zero attached hydrogens (tertiary/aromatic N) is 3. The molecule has 0 spiro atoms. The van der Waals surface area contributed by atoms with E-state index in [1.54, 1.807) is 28.8 Å². The SMILES string of the molecule is CS(=O)(=O)C1CSCCN1c1ccc(CO)nn1. The molecule has 1 N–H and O–H groups in total. The monoisotopic (exact) mass is 289 g/mol. The summed E-state index contributed by atoms with van der Waals surface area (Å²) in [4.78, 5) is 1.76. The Balaban J connectivity index is 2.28. The van der Waals surface area contributed by atoms with E-state index < -0.39 is 15.2 Å². The second-order valence-electron chi connectivity index (χ2n) is 4.09. The quantitative estimate of drug-likeness (QED) is 0.831. The molecule has 1 saturated heterocycles. The molecule has 0 saturated carbocycles. The molecule has 1 fully saturated rings. The van der Waals surface area contributed by atoms with Gasteiger partial charge in [0.2, 0.25) is 0 Å². The van der Waals surface area contributed by atoms with E-state index in [1.165, 1.54) is 6.26 Å². The van der Waals surface area contributed by atoms with Crippen LogP contribution in [0.3, 0.4) is 0 Å². The van der Waals surface area contributed by atoms with Crippen LogP contribution in [0.15, 0.2) is 12.1 Å². The van der Waals surface area contributed by atoms with Crippen LogP contribution >= 0.6 is 11.8 Å². The van der Waals surface area contributed by atoms with Gasteiger partial charge >= 0.3 is 0 Å². The van der Waals surface area contributed by atoms with Crippen LogP contribution in [0.25, 0.3) is 0 Å². The van der Waals surface area contributed by atoms with Gasteiger partial charge in [-0.15, -0.1) is 5.10 Å². The van der Waals surface area contributed by atoms with Crippen molar-refractivity contribution in [1.29, 1.82) is 0 Å². The van der Waals surface area contributed by atoms with E-state index in [1.807, 2.05) is 0 Å². The van der Waals surface area contributed by atoms with Crippen LogP contribution in [0.4, 0.5) is 5.82 Å². The van der Waals surface area contributed by atoms with Gasteiger partial charge < -0.3 is 10.0 Å². The molecular weight excluding hydrogens is 274 g/mol. The van der Waals surface area contributed by atoms with E-state index in [4.69, 9.17) is 5.11 Å². The maximum atomic E-state index is 11.7. The Bertz CT molecular complexity index is 504. The summed E-state index contributed by atoms with van der Waals surface area (Å²) in [5.41, 5.74) is 0.473. The van der Waals surface area contributed by atoms with E-state index in [2.05, 4.69) is 10.2 Å². The summed E-state index contributed by atoms with van der Waals surface area (Å²) in [6.45, 7) is 0.466. The van der Waals surface area contributed by atoms with Crippen LogP contribution in [0.2, 0.25) is 0 Å². The summed E-state index contributed by atoms with van der Waals surface area (Å²) in [6.07, 6.45) is 1.24. The third-order valence-corrected chi connectivity index (χ3v) is 5.38. The summed E-state index contributed by atoms with van der Waals surface area (Å²) in [6, 6.07) is 3.36. The normalized spacial score (nSPS) is 21.0. The van der Waals surface area contributed by atoms with Crippen molar-refractivity contribution in [2.75, 3.05) is 29.2 Å². The summed E-state index contributed by atoms with van der Waals surface area (Å²) in [7, 11) is -3.15. The molecule has 0 aromatic carbocycles. The molecule has 6 nitrogen and oxygen atoms in total. The first-order valence-corrected chi connectivity index (χ1v) is 8.60. The Kier molecular flexibility index (Phi) is 4.08. The maximum Gasteiger partial charge on any atom is 0.169 e. The van der Waals surface area contributed by atoms with Crippen molar-refractivity contribution in [3.05, 3.63) is 17.8 Å². The number of thioether (sulfide) groups is 1. The fraction of sp³-hybridized carbons (Fsp3) is 0.600. The molecular formula is C10H15N3O3S2. The third kappa shape index (κ3) is 2.93. The van der Waals surface area contributed by atoms with Crippen molar-refractivity contribution in [2.45, 2.75) is 12.0 Å². The molecule has 1 aliphatic rings. The second-order valence-corrected chi connectivity index (χ2v) is 7.45. The molecule has 0 radical (unpaired) electrons. The lowest BCUT2D eigenvalue weighted by atomic mass is 10.3. The van der Waals surface area contributed by atoms with Gasteiger partial charge in [0.05, 0.1) is 12.3 Å². The minimum absolute atomic E-state index is 0.168. The van der Waals surface area contributed by atoms with Gasteiger partial charge in [-0.25, -0.2) is 8.42 Å². The number of aliphatic hydroxyl groups is 1. The fourth-order valence-corrected chi connectivity index (χ4v) is 4.62. The summed E-state index contributed by atoms with van der Waals surface area (Å²) in [5, 5.41) is 16.2. The summed E-state index contributed by atoms with van der Waals surface area (Å²) >= 11 is 1.63. The number of hydrogen-bond donors (Lipinski definition) is 1. The van der Waals surface area contributed by atoms with E-state index in [0.717, 1.165) is 5.75 Å². The molecule has 8 heteroatoms. The van der Waals surface area contributed by atoms with Gasteiger partial charge in [0, 0.05) is 24.3 Å². The summed E-state index contributed by atoms with van der Waals surface area (Å²) < 4.78 is 23.5. The van der Waals surface area contributed by atoms with Crippen LogP contribution in [-0.4, -0.2) is 53.4 Å². The van der Waals surface area contributed by atoms with Gasteiger partial charge in [0.1, 0.15) is 5.37 Å². The molecule has 1 aliphatic heterocycles. The highest BCUT2D eigenvalue weighted by molar-refractivity contribution is 8.01. The molecule has 0 aliphatic carbocycles. The highest BCUT2D eigenvalue weighted by Crippen LogP contribution is 2.24. The molecule has 1 aromatic heterocycles. The van der Waals surface area contributed by atoms with Crippen molar-refractivity contribution in [3.63, 3.8) is 0 Å². The molecule has 2 heterocycles. The third-order valence-electron chi connectivity index (χ3n) is 2.74. The molecule has 2 rings (SSSR count). The topological polar surface area (TPSA) is 83.4 Å². The molecule has 0 amide bonds. The zero-order valence-electron chi connectivity index (χ0n) is 9.98. The average molecular weight is 289 g/mol. The van der Waals surface area contributed by atoms with Gasteiger partial charge in [0.15, 0.2) is 15.7 Å². The Morgan fingerprint density at radius 3 is 2.83 bits per heavy atom. The zero-order chi connectivity index (χ0) is 13.2. The van der Waals surface area contributed by atoms with E-state index >= 15 is 0 Å². The lowest BCUT2D eigenvalue weighted by Gasteiger charge is -2.34. The van der Waals surface area contributed by atoms with Crippen LogP contribution in [0, 0.1) is 0 Å². The van der Waals surface area contributed by atoms with Crippen molar-refractivity contribution >= 4 is 27.4 Å². The first-order valence-electron chi connectivity index (χ1n) is 5.49. The Labute approximate surface area is 110 Å². The van der Waals surface area contributed by atoms with Crippen LogP contribution in [0.1, 0.15) is 5.69 Å². The highest BCUT2D eigenvalue weighted by Gasteiger charge is 2.31. The molecule has 1 aromatic rings. The number of anilines is 1. The van der Waals surface area contributed by atoms with Crippen molar-refractivity contribution in [3.8, 4) is 0 Å². The van der Waals surface area contributed by atoms with E-state index in [9.17, 15) is 8.42 Å². The fourth-order valence-electron chi connectivity index (χ4n) is 1.79. The Morgan fingerprint density at radius 1 is 1.50 bits per heavy atom. The van der Waals surface area contributed by atoms with Gasteiger partial charge in [0.25, 0.3) is 0 Å². The molecule has 0 bridgehead atoms. The predicted molar refractivity (Wildman–Crippen MR) is 71.3 cm³/mol. The minimum atomic E-state index is -3.15. The first-order chi connectivity index (χ1) is 8.52. The van der Waals surface area contributed by atoms with E-state index in [-0.39, 0.29) is 6.61 Å². The second kappa shape index (κ2) is 5.41. The number of aromatic nitrogens is 2. The molecule has 100 valence electrons. The smallest absolute Gasteiger partial charge is 0.169 e. The van der Waals surface area contributed by atoms with Crippen LogP contribution in [-0.2, 0) is 16.4 Å². The highest BCUT2D eigenvalue weighted by atomic mass is 32.2. The van der Waals surface area contributed by atoms with Gasteiger partial charge in [-0.05, 0) is 12.1 Å². The number of hydrogen-bond acceptors (Lipinski definition) is 7. The number of rotatable bonds is 3. The standard InChI is InChI=1S/C10H15N3O3S2/c1-18(15,16)10-7-17-5-4-13(10)9-3-2-8(6-14)11-12-9/h2-3,10,14H,4-7H2,1H3. The largest absolute Gasteiger partial charge is 0.390 e. The minimum Gasteiger partial charge on any atom is -0.390 e. The molecule has 18 heavy (non-hydrogen) atoms. The molecule has 1 unspecified atom stereocenters. The predicted octanol–water partition coefficient (Wildman–Crippen LogP) is -0.107. The maximum absolute atomic E-state index is 11.7. The van der Waals surface area contributed by atoms with Crippen molar-refractivity contribution in [1.82, 2.24) is 10.2 Å². The number of aliphatic hydroxyl groups excluding tert-OH is 1. The zero-order valence-corrected chi connectivity index (χ0v) is 11.6. The Hall–Kier alpha value is -0.860. The lowest BCUT2D eigenvalue weighted by molar-refractivity contribution is 0.275.